The van der Waals surface area contributed by atoms with Gasteiger partial charge in [-0.05, 0) is 29.3 Å². The number of amides is 1. The molecular weight excluding hydrogens is 386 g/mol. The first kappa shape index (κ1) is 18.3. The Balaban J connectivity index is 1.81. The summed E-state index contributed by atoms with van der Waals surface area (Å²) in [6, 6.07) is 9.28. The number of carbonyl (C=O) groups excluding carboxylic acids is 1. The Bertz CT molecular complexity index is 1250. The molecule has 0 atom stereocenters. The Kier molecular flexibility index (Phi) is 4.76. The van der Waals surface area contributed by atoms with Crippen molar-refractivity contribution in [2.45, 2.75) is 6.54 Å². The predicted molar refractivity (Wildman–Crippen MR) is 112 cm³/mol. The Labute approximate surface area is 169 Å². The van der Waals surface area contributed by atoms with E-state index in [0.717, 1.165) is 22.5 Å². The van der Waals surface area contributed by atoms with Crippen LogP contribution in [0.1, 0.15) is 20.8 Å². The van der Waals surface area contributed by atoms with Gasteiger partial charge in [-0.1, -0.05) is 6.07 Å². The largest absolute Gasteiger partial charge is 0.397 e. The molecule has 0 saturated carbocycles. The van der Waals surface area contributed by atoms with Crippen LogP contribution in [0.5, 0.6) is 0 Å². The number of anilines is 2. The molecule has 0 radical (unpaired) electrons. The van der Waals surface area contributed by atoms with Gasteiger partial charge in [-0.2, -0.15) is 5.26 Å². The Morgan fingerprint density at radius 1 is 1.17 bits per heavy atom. The van der Waals surface area contributed by atoms with Crippen LogP contribution in [0.15, 0.2) is 49.1 Å². The highest BCUT2D eigenvalue weighted by atomic mass is 32.1. The van der Waals surface area contributed by atoms with Gasteiger partial charge in [0, 0.05) is 42.3 Å². The van der Waals surface area contributed by atoms with Crippen molar-refractivity contribution in [3.05, 3.63) is 65.1 Å². The molecule has 0 unspecified atom stereocenters. The number of hydrogen-bond acceptors (Lipinski definition) is 8. The van der Waals surface area contributed by atoms with E-state index >= 15 is 0 Å². The molecule has 4 heterocycles. The molecule has 0 spiro atoms. The molecule has 5 N–H and O–H groups in total. The smallest absolute Gasteiger partial charge is 0.263 e. The summed E-state index contributed by atoms with van der Waals surface area (Å²) in [5.74, 6) is -0.234. The Morgan fingerprint density at radius 2 is 1.97 bits per heavy atom. The van der Waals surface area contributed by atoms with Gasteiger partial charge in [0.05, 0.1) is 5.69 Å². The molecule has 142 valence electrons. The standard InChI is InChI=1S/C20H15N7OS/c21-8-13-14(12-3-6-24-7-4-12)15-16(22)17(29-20(15)27-18(13)23)19(28)26-10-11-2-1-5-25-9-11/h1-7,9H,10,22H2,(H2,23,27)(H,26,28). The molecule has 0 aliphatic carbocycles. The second-order valence-electron chi connectivity index (χ2n) is 6.16. The maximum atomic E-state index is 12.8. The number of hydrogen-bond donors (Lipinski definition) is 3. The first-order chi connectivity index (χ1) is 14.1. The SMILES string of the molecule is N#Cc1c(N)nc2sc(C(=O)NCc3cccnc3)c(N)c2c1-c1ccncc1. The van der Waals surface area contributed by atoms with Crippen molar-refractivity contribution in [2.75, 3.05) is 11.5 Å². The number of nitrogens with one attached hydrogen (secondary N) is 1. The maximum absolute atomic E-state index is 12.8. The molecule has 0 saturated heterocycles. The quantitative estimate of drug-likeness (QED) is 0.477. The van der Waals surface area contributed by atoms with Crippen molar-refractivity contribution in [3.63, 3.8) is 0 Å². The van der Waals surface area contributed by atoms with E-state index in [4.69, 9.17) is 11.5 Å². The van der Waals surface area contributed by atoms with Crippen molar-refractivity contribution in [2.24, 2.45) is 0 Å². The highest BCUT2D eigenvalue weighted by molar-refractivity contribution is 7.21. The van der Waals surface area contributed by atoms with Crippen molar-refractivity contribution in [3.8, 4) is 17.2 Å². The number of nitriles is 1. The zero-order valence-electron chi connectivity index (χ0n) is 15.1. The van der Waals surface area contributed by atoms with Gasteiger partial charge in [0.25, 0.3) is 5.91 Å². The van der Waals surface area contributed by atoms with E-state index in [9.17, 15) is 10.1 Å². The van der Waals surface area contributed by atoms with E-state index in [1.54, 1.807) is 43.0 Å². The molecule has 0 aromatic carbocycles. The minimum Gasteiger partial charge on any atom is -0.397 e. The Morgan fingerprint density at radius 3 is 2.66 bits per heavy atom. The summed E-state index contributed by atoms with van der Waals surface area (Å²) in [7, 11) is 0. The van der Waals surface area contributed by atoms with E-state index < -0.39 is 0 Å². The van der Waals surface area contributed by atoms with E-state index in [2.05, 4.69) is 26.3 Å². The molecule has 4 rings (SSSR count). The third kappa shape index (κ3) is 3.33. The lowest BCUT2D eigenvalue weighted by Gasteiger charge is -2.09. The fourth-order valence-corrected chi connectivity index (χ4v) is 4.05. The monoisotopic (exact) mass is 401 g/mol. The summed E-state index contributed by atoms with van der Waals surface area (Å²) < 4.78 is 0. The van der Waals surface area contributed by atoms with Gasteiger partial charge in [0.2, 0.25) is 0 Å². The molecule has 1 amide bonds. The fourth-order valence-electron chi connectivity index (χ4n) is 3.02. The molecule has 8 nitrogen and oxygen atoms in total. The highest BCUT2D eigenvalue weighted by Crippen LogP contribution is 2.42. The molecule has 4 aromatic rings. The number of fused-ring (bicyclic) bond motifs is 1. The second-order valence-corrected chi connectivity index (χ2v) is 7.16. The van der Waals surface area contributed by atoms with E-state index in [0.29, 0.717) is 27.2 Å². The highest BCUT2D eigenvalue weighted by Gasteiger charge is 2.24. The third-order valence-corrected chi connectivity index (χ3v) is 5.47. The predicted octanol–water partition coefficient (Wildman–Crippen LogP) is 2.72. The van der Waals surface area contributed by atoms with Crippen LogP contribution in [0.4, 0.5) is 11.5 Å². The van der Waals surface area contributed by atoms with Gasteiger partial charge in [-0.25, -0.2) is 4.98 Å². The molecule has 0 aliphatic heterocycles. The van der Waals surface area contributed by atoms with Crippen LogP contribution in [-0.2, 0) is 6.54 Å². The van der Waals surface area contributed by atoms with Gasteiger partial charge in [-0.3, -0.25) is 14.8 Å². The van der Waals surface area contributed by atoms with Crippen LogP contribution in [0, 0.1) is 11.3 Å². The lowest BCUT2D eigenvalue weighted by Crippen LogP contribution is -2.22. The first-order valence-electron chi connectivity index (χ1n) is 8.59. The molecule has 0 aliphatic rings. The molecular formula is C20H15N7OS. The van der Waals surface area contributed by atoms with E-state index in [1.807, 2.05) is 6.07 Å². The molecule has 0 fully saturated rings. The first-order valence-corrected chi connectivity index (χ1v) is 9.40. The zero-order chi connectivity index (χ0) is 20.4. The van der Waals surface area contributed by atoms with Crippen molar-refractivity contribution in [1.29, 1.82) is 5.26 Å². The lowest BCUT2D eigenvalue weighted by atomic mass is 9.98. The fraction of sp³-hybridized carbons (Fsp3) is 0.0500. The van der Waals surface area contributed by atoms with Gasteiger partial charge >= 0.3 is 0 Å². The van der Waals surface area contributed by atoms with Crippen LogP contribution >= 0.6 is 11.3 Å². The summed E-state index contributed by atoms with van der Waals surface area (Å²) in [6.45, 7) is 0.316. The summed E-state index contributed by atoms with van der Waals surface area (Å²) >= 11 is 1.14. The minimum atomic E-state index is -0.327. The average Bonchev–Trinajstić information content (AvgIpc) is 3.08. The van der Waals surface area contributed by atoms with Crippen LogP contribution < -0.4 is 16.8 Å². The number of pyridine rings is 3. The van der Waals surface area contributed by atoms with Gasteiger partial charge in [-0.15, -0.1) is 11.3 Å². The third-order valence-electron chi connectivity index (χ3n) is 4.37. The summed E-state index contributed by atoms with van der Waals surface area (Å²) in [5.41, 5.74) is 15.0. The molecule has 9 heteroatoms. The van der Waals surface area contributed by atoms with Crippen LogP contribution in [0.3, 0.4) is 0 Å². The van der Waals surface area contributed by atoms with Crippen LogP contribution in [0.25, 0.3) is 21.3 Å². The molecule has 0 bridgehead atoms. The number of thiophene rings is 1. The van der Waals surface area contributed by atoms with Gasteiger partial charge in [0.15, 0.2) is 0 Å². The molecule has 29 heavy (non-hydrogen) atoms. The van der Waals surface area contributed by atoms with Crippen molar-refractivity contribution >= 4 is 39.0 Å². The number of nitrogen functional groups attached to an aromatic ring is 2. The number of carbonyl (C=O) groups is 1. The number of aromatic nitrogens is 3. The zero-order valence-corrected chi connectivity index (χ0v) is 15.9. The summed E-state index contributed by atoms with van der Waals surface area (Å²) in [6.07, 6.45) is 6.57. The Hall–Kier alpha value is -4.03. The van der Waals surface area contributed by atoms with Crippen LogP contribution in [0.2, 0.25) is 0 Å². The van der Waals surface area contributed by atoms with Gasteiger partial charge in [0.1, 0.15) is 27.2 Å². The number of rotatable bonds is 4. The second kappa shape index (κ2) is 7.53. The maximum Gasteiger partial charge on any atom is 0.263 e. The summed E-state index contributed by atoms with van der Waals surface area (Å²) in [5, 5.41) is 13.0. The summed E-state index contributed by atoms with van der Waals surface area (Å²) in [4.78, 5) is 25.9. The number of nitrogens with two attached hydrogens (primary N) is 2. The lowest BCUT2D eigenvalue weighted by molar-refractivity contribution is 0.0956. The number of nitrogens with zero attached hydrogens (tertiary/aromatic N) is 4. The van der Waals surface area contributed by atoms with Crippen molar-refractivity contribution < 1.29 is 4.79 Å². The van der Waals surface area contributed by atoms with E-state index in [-0.39, 0.29) is 23.0 Å². The minimum absolute atomic E-state index is 0.0929. The molecule has 4 aromatic heterocycles. The average molecular weight is 401 g/mol. The van der Waals surface area contributed by atoms with Crippen LogP contribution in [-0.4, -0.2) is 20.9 Å². The normalized spacial score (nSPS) is 10.6. The van der Waals surface area contributed by atoms with E-state index in [1.165, 1.54) is 0 Å². The topological polar surface area (TPSA) is 144 Å². The van der Waals surface area contributed by atoms with Crippen molar-refractivity contribution in [1.82, 2.24) is 20.3 Å². The van der Waals surface area contributed by atoms with Gasteiger partial charge < -0.3 is 16.8 Å².